The molecule has 3 amide bonds. The molecule has 3 N–H and O–H groups in total. The average molecular weight is 686 g/mol. The minimum Gasteiger partial charge on any atom is -0.347 e. The van der Waals surface area contributed by atoms with Gasteiger partial charge in [0.2, 0.25) is 11.1 Å². The van der Waals surface area contributed by atoms with Crippen molar-refractivity contribution >= 4 is 51.8 Å². The average Bonchev–Trinajstić information content (AvgIpc) is 3.78. The number of alkyl halides is 3. The van der Waals surface area contributed by atoms with Crippen molar-refractivity contribution in [3.63, 3.8) is 0 Å². The van der Waals surface area contributed by atoms with Crippen LogP contribution < -0.4 is 20.6 Å². The van der Waals surface area contributed by atoms with Gasteiger partial charge < -0.3 is 20.5 Å². The number of carbonyl (C=O) groups excluding carboxylic acids is 3. The number of rotatable bonds is 7. The summed E-state index contributed by atoms with van der Waals surface area (Å²) in [4.78, 5) is 63.4. The number of aromatic nitrogens is 5. The maximum atomic E-state index is 15.0. The van der Waals surface area contributed by atoms with Gasteiger partial charge in [0.1, 0.15) is 23.1 Å². The summed E-state index contributed by atoms with van der Waals surface area (Å²) in [6, 6.07) is 6.21. The Labute approximate surface area is 270 Å². The Kier molecular flexibility index (Phi) is 8.44. The van der Waals surface area contributed by atoms with Crippen LogP contribution >= 0.6 is 11.3 Å². The maximum absolute atomic E-state index is 15.0. The number of nitrogens with zero attached hydrogens (tertiary/aromatic N) is 6. The number of aryl methyl sites for hydroxylation is 1. The second kappa shape index (κ2) is 12.7. The van der Waals surface area contributed by atoms with E-state index < -0.39 is 41.4 Å². The Morgan fingerprint density at radius 3 is 2.54 bits per heavy atom. The Morgan fingerprint density at radius 1 is 1.10 bits per heavy atom. The molecule has 13 nitrogen and oxygen atoms in total. The molecule has 0 saturated heterocycles. The molecular weight excluding hydrogens is 665 g/mol. The van der Waals surface area contributed by atoms with E-state index in [1.54, 1.807) is 13.1 Å². The lowest BCUT2D eigenvalue weighted by Crippen LogP contribution is -2.43. The van der Waals surface area contributed by atoms with E-state index in [1.807, 2.05) is 0 Å². The molecule has 0 atom stereocenters. The number of urea groups is 1. The number of imidazole rings is 1. The molecule has 2 aromatic carbocycles. The number of hydrogen-bond acceptors (Lipinski definition) is 10. The Balaban J connectivity index is 1.49. The van der Waals surface area contributed by atoms with Crippen LogP contribution in [0.4, 0.5) is 49.3 Å². The molecule has 0 saturated carbocycles. The number of H-pyrrole nitrogens is 1. The molecule has 19 heteroatoms. The number of benzene rings is 2. The van der Waals surface area contributed by atoms with Crippen molar-refractivity contribution in [1.29, 1.82) is 0 Å². The van der Waals surface area contributed by atoms with Gasteiger partial charge in [0.15, 0.2) is 5.82 Å². The minimum absolute atomic E-state index is 0.0658. The number of amides is 3. The normalized spacial score (nSPS) is 12.7. The highest BCUT2D eigenvalue weighted by Crippen LogP contribution is 2.39. The van der Waals surface area contributed by atoms with Crippen LogP contribution in [-0.2, 0) is 22.7 Å². The van der Waals surface area contributed by atoms with E-state index in [9.17, 15) is 27.6 Å². The highest BCUT2D eigenvalue weighted by molar-refractivity contribution is 7.13. The van der Waals surface area contributed by atoms with Gasteiger partial charge in [0.25, 0.3) is 5.91 Å². The van der Waals surface area contributed by atoms with E-state index in [0.29, 0.717) is 11.4 Å². The molecular formula is C29H20F5N9O4S. The lowest BCUT2D eigenvalue weighted by Gasteiger charge is -2.31. The predicted octanol–water partition coefficient (Wildman–Crippen LogP) is 5.55. The second-order valence-electron chi connectivity index (χ2n) is 9.97. The highest BCUT2D eigenvalue weighted by atomic mass is 32.1. The maximum Gasteiger partial charge on any atom is 0.493 e. The summed E-state index contributed by atoms with van der Waals surface area (Å²) in [6.45, 7) is 1.50. The van der Waals surface area contributed by atoms with Gasteiger partial charge in [-0.1, -0.05) is 12.1 Å². The summed E-state index contributed by atoms with van der Waals surface area (Å²) in [5.74, 6) is -5.74. The van der Waals surface area contributed by atoms with Crippen LogP contribution in [0.1, 0.15) is 27.3 Å². The topological polar surface area (TPSA) is 158 Å². The van der Waals surface area contributed by atoms with E-state index in [0.717, 1.165) is 34.4 Å². The lowest BCUT2D eigenvalue weighted by molar-refractivity contribution is -0.199. The van der Waals surface area contributed by atoms with Crippen molar-refractivity contribution in [1.82, 2.24) is 30.2 Å². The van der Waals surface area contributed by atoms with Crippen LogP contribution in [0.15, 0.2) is 60.4 Å². The Bertz CT molecular complexity index is 2000. The number of fused-ring (bicyclic) bond motifs is 1. The summed E-state index contributed by atoms with van der Waals surface area (Å²) in [5, 5.41) is 6.63. The van der Waals surface area contributed by atoms with E-state index in [1.165, 1.54) is 36.0 Å². The summed E-state index contributed by atoms with van der Waals surface area (Å²) in [6.07, 6.45) is -1.13. The first-order valence-corrected chi connectivity index (χ1v) is 14.6. The van der Waals surface area contributed by atoms with Crippen LogP contribution in [0.3, 0.4) is 0 Å². The van der Waals surface area contributed by atoms with Gasteiger partial charge in [-0.3, -0.25) is 4.79 Å². The number of halogens is 5. The first kappa shape index (κ1) is 32.0. The van der Waals surface area contributed by atoms with Gasteiger partial charge in [-0.15, -0.1) is 16.4 Å². The zero-order valence-electron chi connectivity index (χ0n) is 24.3. The van der Waals surface area contributed by atoms with Crippen LogP contribution in [0.25, 0.3) is 11.3 Å². The molecule has 1 aliphatic heterocycles. The smallest absolute Gasteiger partial charge is 0.347 e. The molecule has 246 valence electrons. The van der Waals surface area contributed by atoms with E-state index in [4.69, 9.17) is 0 Å². The van der Waals surface area contributed by atoms with Crippen LogP contribution in [0.2, 0.25) is 0 Å². The van der Waals surface area contributed by atoms with Crippen molar-refractivity contribution in [2.45, 2.75) is 26.2 Å². The molecule has 0 bridgehead atoms. The van der Waals surface area contributed by atoms with Crippen LogP contribution in [0.5, 0.6) is 0 Å². The fourth-order valence-electron chi connectivity index (χ4n) is 4.67. The van der Waals surface area contributed by atoms with Gasteiger partial charge in [0.05, 0.1) is 18.8 Å². The van der Waals surface area contributed by atoms with Crippen LogP contribution in [-0.4, -0.2) is 49.0 Å². The van der Waals surface area contributed by atoms with Crippen molar-refractivity contribution in [3.05, 3.63) is 94.5 Å². The molecule has 0 radical (unpaired) electrons. The Morgan fingerprint density at radius 2 is 1.88 bits per heavy atom. The zero-order valence-corrected chi connectivity index (χ0v) is 25.1. The second-order valence-corrected chi connectivity index (χ2v) is 10.8. The van der Waals surface area contributed by atoms with Crippen molar-refractivity contribution in [2.75, 3.05) is 15.3 Å². The number of hydrogen-bond donors (Lipinski definition) is 3. The highest BCUT2D eigenvalue weighted by Gasteiger charge is 2.44. The van der Waals surface area contributed by atoms with Gasteiger partial charge in [0, 0.05) is 40.7 Å². The van der Waals surface area contributed by atoms with Gasteiger partial charge >= 0.3 is 18.2 Å². The van der Waals surface area contributed by atoms with Crippen LogP contribution in [0, 0.1) is 18.6 Å². The molecule has 1 aliphatic rings. The number of anilines is 4. The molecule has 0 fully saturated rings. The lowest BCUT2D eigenvalue weighted by atomic mass is 9.97. The molecule has 0 unspecified atom stereocenters. The minimum atomic E-state index is -5.42. The van der Waals surface area contributed by atoms with Gasteiger partial charge in [-0.05, 0) is 36.8 Å². The van der Waals surface area contributed by atoms with Crippen molar-refractivity contribution < 1.29 is 41.2 Å². The van der Waals surface area contributed by atoms with Crippen molar-refractivity contribution in [2.24, 2.45) is 0 Å². The third-order valence-corrected chi connectivity index (χ3v) is 7.61. The molecule has 0 spiro atoms. The largest absolute Gasteiger partial charge is 0.493 e. The molecule has 5 aromatic rings. The predicted molar refractivity (Wildman–Crippen MR) is 160 cm³/mol. The third-order valence-electron chi connectivity index (χ3n) is 6.87. The molecule has 48 heavy (non-hydrogen) atoms. The molecule has 3 aromatic heterocycles. The number of nitrogens with one attached hydrogen (secondary N) is 3. The fraction of sp³-hybridized carbons (Fsp3) is 0.138. The first-order chi connectivity index (χ1) is 22.9. The van der Waals surface area contributed by atoms with Crippen molar-refractivity contribution in [3.8, 4) is 11.3 Å². The summed E-state index contributed by atoms with van der Waals surface area (Å²) in [5.41, 5.74) is 0.0709. The number of hydroxylamine groups is 1. The Hall–Kier alpha value is -5.98. The number of carbonyl (C=O) groups is 3. The SMILES string of the molecule is Cc1ccc(C(=O)N(OC(=O)C(F)(F)F)c2nccs2)cc1-c1nc(NCc2ncc[nH]2)nc2c1CNC(=O)N2c1c(F)cccc1F. The molecule has 4 heterocycles. The quantitative estimate of drug-likeness (QED) is 0.148. The first-order valence-electron chi connectivity index (χ1n) is 13.7. The van der Waals surface area contributed by atoms with Gasteiger partial charge in [-0.25, -0.2) is 38.2 Å². The monoisotopic (exact) mass is 685 g/mol. The number of aromatic amines is 1. The summed E-state index contributed by atoms with van der Waals surface area (Å²) in [7, 11) is 0. The van der Waals surface area contributed by atoms with E-state index in [-0.39, 0.29) is 57.4 Å². The number of thiazole rings is 1. The van der Waals surface area contributed by atoms with E-state index in [2.05, 4.69) is 40.4 Å². The van der Waals surface area contributed by atoms with Gasteiger partial charge in [-0.2, -0.15) is 18.2 Å². The standard InChI is InChI=1S/C29H20F5N9O4S/c1-14-5-6-15(24(44)43(28-37-9-10-48-28)47-25(45)29(32,33)34)11-16(14)21-17-12-39-27(46)42(22-18(30)3-2-4-19(22)31)23(17)41-26(40-21)38-13-20-35-7-8-36-20/h2-11H,12-13H2,1H3,(H,35,36)(H,39,46)(H,38,40,41). The zero-order chi connectivity index (χ0) is 34.2. The summed E-state index contributed by atoms with van der Waals surface area (Å²) < 4.78 is 69.4. The fourth-order valence-corrected chi connectivity index (χ4v) is 5.26. The number of para-hydroxylation sites is 1. The molecule has 0 aliphatic carbocycles. The third kappa shape index (κ3) is 6.21. The summed E-state index contributed by atoms with van der Waals surface area (Å²) >= 11 is 0.742. The molecule has 6 rings (SSSR count). The van der Waals surface area contributed by atoms with E-state index >= 15 is 8.78 Å².